The van der Waals surface area contributed by atoms with Gasteiger partial charge >= 0.3 is 0 Å². The van der Waals surface area contributed by atoms with Crippen LogP contribution in [-0.4, -0.2) is 38.0 Å². The number of anilines is 1. The average molecular weight is 419 g/mol. The van der Waals surface area contributed by atoms with Gasteiger partial charge in [-0.2, -0.15) is 4.31 Å². The molecule has 2 aromatic carbocycles. The Bertz CT molecular complexity index is 950. The summed E-state index contributed by atoms with van der Waals surface area (Å²) in [6.07, 6.45) is 5.83. The van der Waals surface area contributed by atoms with Gasteiger partial charge in [0, 0.05) is 23.7 Å². The van der Waals surface area contributed by atoms with Crippen LogP contribution in [0.4, 0.5) is 5.69 Å². The first kappa shape index (κ1) is 20.9. The minimum atomic E-state index is -3.57. The Morgan fingerprint density at radius 2 is 1.71 bits per heavy atom. The Morgan fingerprint density at radius 1 is 1.04 bits per heavy atom. The molecule has 28 heavy (non-hydrogen) atoms. The van der Waals surface area contributed by atoms with Gasteiger partial charge in [-0.3, -0.25) is 4.79 Å². The molecule has 1 amide bonds. The number of aryl methyl sites for hydroxylation is 1. The number of thioether (sulfide) groups is 1. The molecule has 0 atom stereocenters. The zero-order valence-corrected chi connectivity index (χ0v) is 17.9. The van der Waals surface area contributed by atoms with Crippen LogP contribution in [0.2, 0.25) is 0 Å². The van der Waals surface area contributed by atoms with Crippen molar-refractivity contribution in [2.24, 2.45) is 0 Å². The lowest BCUT2D eigenvalue weighted by atomic mass is 10.2. The van der Waals surface area contributed by atoms with Gasteiger partial charge in [0.25, 0.3) is 5.91 Å². The molecule has 150 valence electrons. The molecule has 1 fully saturated rings. The molecule has 7 heteroatoms. The molecule has 0 bridgehead atoms. The fourth-order valence-corrected chi connectivity index (χ4v) is 5.77. The number of benzene rings is 2. The van der Waals surface area contributed by atoms with E-state index in [1.807, 2.05) is 24.5 Å². The van der Waals surface area contributed by atoms with Crippen LogP contribution in [0.1, 0.15) is 41.6 Å². The van der Waals surface area contributed by atoms with E-state index >= 15 is 0 Å². The second-order valence-electron chi connectivity index (χ2n) is 6.95. The van der Waals surface area contributed by atoms with Crippen LogP contribution in [-0.2, 0) is 10.0 Å². The SMILES string of the molecule is CSc1ccccc1C(=O)Nc1ccc(C)c(S(=O)(=O)N2CCCCCC2)c1. The lowest BCUT2D eigenvalue weighted by Crippen LogP contribution is -2.32. The van der Waals surface area contributed by atoms with Crippen LogP contribution in [0.3, 0.4) is 0 Å². The van der Waals surface area contributed by atoms with Gasteiger partial charge in [0.1, 0.15) is 0 Å². The fraction of sp³-hybridized carbons (Fsp3) is 0.381. The predicted octanol–water partition coefficient (Wildman–Crippen LogP) is 4.53. The third-order valence-electron chi connectivity index (χ3n) is 4.98. The third kappa shape index (κ3) is 4.59. The number of sulfonamides is 1. The smallest absolute Gasteiger partial charge is 0.256 e. The van der Waals surface area contributed by atoms with Gasteiger partial charge in [-0.25, -0.2) is 8.42 Å². The van der Waals surface area contributed by atoms with Gasteiger partial charge in [-0.1, -0.05) is 31.0 Å². The van der Waals surface area contributed by atoms with Crippen molar-refractivity contribution in [3.05, 3.63) is 53.6 Å². The number of hydrogen-bond acceptors (Lipinski definition) is 4. The van der Waals surface area contributed by atoms with Crippen molar-refractivity contribution in [3.63, 3.8) is 0 Å². The number of hydrogen-bond donors (Lipinski definition) is 1. The van der Waals surface area contributed by atoms with Gasteiger partial charge < -0.3 is 5.32 Å². The highest BCUT2D eigenvalue weighted by Gasteiger charge is 2.27. The number of nitrogens with one attached hydrogen (secondary N) is 1. The van der Waals surface area contributed by atoms with E-state index in [0.717, 1.165) is 30.6 Å². The molecule has 1 N–H and O–H groups in total. The summed E-state index contributed by atoms with van der Waals surface area (Å²) in [7, 11) is -3.57. The molecule has 1 heterocycles. The van der Waals surface area contributed by atoms with E-state index in [-0.39, 0.29) is 10.8 Å². The zero-order valence-electron chi connectivity index (χ0n) is 16.3. The first-order valence-electron chi connectivity index (χ1n) is 9.48. The van der Waals surface area contributed by atoms with Crippen molar-refractivity contribution < 1.29 is 13.2 Å². The first-order chi connectivity index (χ1) is 13.4. The minimum absolute atomic E-state index is 0.244. The summed E-state index contributed by atoms with van der Waals surface area (Å²) >= 11 is 1.50. The molecule has 0 aliphatic carbocycles. The van der Waals surface area contributed by atoms with E-state index in [9.17, 15) is 13.2 Å². The molecule has 2 aromatic rings. The highest BCUT2D eigenvalue weighted by molar-refractivity contribution is 7.98. The molecular weight excluding hydrogens is 392 g/mol. The summed E-state index contributed by atoms with van der Waals surface area (Å²) in [5.74, 6) is -0.244. The summed E-state index contributed by atoms with van der Waals surface area (Å²) in [5.41, 5.74) is 1.75. The van der Waals surface area contributed by atoms with Crippen LogP contribution in [0, 0.1) is 6.92 Å². The van der Waals surface area contributed by atoms with Gasteiger partial charge in [-0.15, -0.1) is 11.8 Å². The second kappa shape index (κ2) is 9.11. The van der Waals surface area contributed by atoms with Crippen LogP contribution in [0.25, 0.3) is 0 Å². The topological polar surface area (TPSA) is 66.5 Å². The van der Waals surface area contributed by atoms with Crippen LogP contribution >= 0.6 is 11.8 Å². The molecule has 0 aromatic heterocycles. The van der Waals surface area contributed by atoms with E-state index < -0.39 is 10.0 Å². The van der Waals surface area contributed by atoms with Gasteiger partial charge in [0.15, 0.2) is 0 Å². The van der Waals surface area contributed by atoms with Crippen molar-refractivity contribution in [2.45, 2.75) is 42.4 Å². The summed E-state index contributed by atoms with van der Waals surface area (Å²) in [6, 6.07) is 12.4. The maximum absolute atomic E-state index is 13.2. The highest BCUT2D eigenvalue weighted by atomic mass is 32.2. The zero-order chi connectivity index (χ0) is 20.1. The molecule has 1 saturated heterocycles. The molecule has 0 unspecified atom stereocenters. The maximum atomic E-state index is 13.2. The Morgan fingerprint density at radius 3 is 2.39 bits per heavy atom. The van der Waals surface area contributed by atoms with Gasteiger partial charge in [0.2, 0.25) is 10.0 Å². The fourth-order valence-electron chi connectivity index (χ4n) is 3.41. The lowest BCUT2D eigenvalue weighted by Gasteiger charge is -2.21. The van der Waals surface area contributed by atoms with E-state index in [2.05, 4.69) is 5.32 Å². The molecule has 0 saturated carbocycles. The van der Waals surface area contributed by atoms with Crippen LogP contribution in [0.5, 0.6) is 0 Å². The maximum Gasteiger partial charge on any atom is 0.256 e. The second-order valence-corrected chi connectivity index (χ2v) is 9.71. The number of nitrogens with zero attached hydrogens (tertiary/aromatic N) is 1. The average Bonchev–Trinajstić information content (AvgIpc) is 2.99. The van der Waals surface area contributed by atoms with E-state index in [0.29, 0.717) is 29.9 Å². The minimum Gasteiger partial charge on any atom is -0.322 e. The Hall–Kier alpha value is -1.83. The monoisotopic (exact) mass is 418 g/mol. The van der Waals surface area contributed by atoms with E-state index in [1.165, 1.54) is 11.8 Å². The third-order valence-corrected chi connectivity index (χ3v) is 7.82. The largest absolute Gasteiger partial charge is 0.322 e. The standard InChI is InChI=1S/C21H26N2O3S2/c1-16-11-12-17(22-21(24)18-9-5-6-10-19(18)27-2)15-20(16)28(25,26)23-13-7-3-4-8-14-23/h5-6,9-12,15H,3-4,7-8,13-14H2,1-2H3,(H,22,24). The van der Waals surface area contributed by atoms with Crippen LogP contribution < -0.4 is 5.32 Å². The normalized spacial score (nSPS) is 15.8. The number of amides is 1. The molecule has 0 spiro atoms. The quantitative estimate of drug-likeness (QED) is 0.724. The van der Waals surface area contributed by atoms with Crippen molar-refractivity contribution in [1.82, 2.24) is 4.31 Å². The summed E-state index contributed by atoms with van der Waals surface area (Å²) in [4.78, 5) is 13.9. The molecule has 1 aliphatic rings. The van der Waals surface area contributed by atoms with Crippen LogP contribution in [0.15, 0.2) is 52.3 Å². The van der Waals surface area contributed by atoms with Gasteiger partial charge in [-0.05, 0) is 55.9 Å². The first-order valence-corrected chi connectivity index (χ1v) is 12.1. The summed E-state index contributed by atoms with van der Waals surface area (Å²) in [5, 5.41) is 2.85. The summed E-state index contributed by atoms with van der Waals surface area (Å²) in [6.45, 7) is 2.90. The summed E-state index contributed by atoms with van der Waals surface area (Å²) < 4.78 is 27.9. The van der Waals surface area contributed by atoms with E-state index in [4.69, 9.17) is 0 Å². The molecule has 5 nitrogen and oxygen atoms in total. The molecule has 1 aliphatic heterocycles. The molecular formula is C21H26N2O3S2. The predicted molar refractivity (Wildman–Crippen MR) is 115 cm³/mol. The van der Waals surface area contributed by atoms with Crippen molar-refractivity contribution in [3.8, 4) is 0 Å². The number of carbonyl (C=O) groups excluding carboxylic acids is 1. The van der Waals surface area contributed by atoms with Crippen molar-refractivity contribution >= 4 is 33.4 Å². The highest BCUT2D eigenvalue weighted by Crippen LogP contribution is 2.27. The Labute approximate surface area is 171 Å². The number of rotatable bonds is 5. The lowest BCUT2D eigenvalue weighted by molar-refractivity contribution is 0.102. The number of carbonyl (C=O) groups is 1. The van der Waals surface area contributed by atoms with Crippen molar-refractivity contribution in [2.75, 3.05) is 24.7 Å². The Balaban J connectivity index is 1.88. The molecule has 3 rings (SSSR count). The van der Waals surface area contributed by atoms with Gasteiger partial charge in [0.05, 0.1) is 10.5 Å². The molecule has 0 radical (unpaired) electrons. The van der Waals surface area contributed by atoms with Crippen molar-refractivity contribution in [1.29, 1.82) is 0 Å². The Kier molecular flexibility index (Phi) is 6.80. The van der Waals surface area contributed by atoms with E-state index in [1.54, 1.807) is 35.5 Å².